The number of hydrogen-bond acceptors (Lipinski definition) is 3. The Balaban J connectivity index is 2.02. The fourth-order valence-electron chi connectivity index (χ4n) is 1.68. The van der Waals surface area contributed by atoms with Crippen LogP contribution in [0.25, 0.3) is 0 Å². The monoisotopic (exact) mass is 375 g/mol. The lowest BCUT2D eigenvalue weighted by Crippen LogP contribution is -2.33. The summed E-state index contributed by atoms with van der Waals surface area (Å²) in [5.41, 5.74) is 6.87. The highest BCUT2D eigenvalue weighted by molar-refractivity contribution is 7.80. The standard InChI is InChI=1S/C14H12Cl3N3OS/c1-21-12-5-3-2-4-11(12)18-14(22)20-19-13-9(16)6-8(15)7-10(13)17/h2-7,19H,1H3,(H2,18,20,22). The molecule has 0 saturated heterocycles. The van der Waals surface area contributed by atoms with E-state index in [4.69, 9.17) is 51.8 Å². The first-order chi connectivity index (χ1) is 10.5. The van der Waals surface area contributed by atoms with E-state index < -0.39 is 0 Å². The predicted molar refractivity (Wildman–Crippen MR) is 97.4 cm³/mol. The molecule has 0 aliphatic heterocycles. The molecule has 0 amide bonds. The van der Waals surface area contributed by atoms with E-state index in [0.29, 0.717) is 31.6 Å². The molecule has 0 unspecified atom stereocenters. The number of para-hydroxylation sites is 2. The molecule has 3 N–H and O–H groups in total. The summed E-state index contributed by atoms with van der Waals surface area (Å²) < 4.78 is 5.23. The van der Waals surface area contributed by atoms with E-state index >= 15 is 0 Å². The summed E-state index contributed by atoms with van der Waals surface area (Å²) in [5.74, 6) is 0.675. The van der Waals surface area contributed by atoms with Gasteiger partial charge in [-0.2, -0.15) is 0 Å². The molecule has 0 fully saturated rings. The van der Waals surface area contributed by atoms with Crippen molar-refractivity contribution in [1.82, 2.24) is 5.43 Å². The van der Waals surface area contributed by atoms with E-state index in [1.54, 1.807) is 19.2 Å². The third kappa shape index (κ3) is 4.30. The van der Waals surface area contributed by atoms with Crippen LogP contribution in [0.4, 0.5) is 11.4 Å². The molecule has 2 aromatic rings. The van der Waals surface area contributed by atoms with Crippen molar-refractivity contribution in [2.24, 2.45) is 0 Å². The molecule has 0 heterocycles. The number of rotatable bonds is 4. The first-order valence-corrected chi connectivity index (χ1v) is 7.66. The lowest BCUT2D eigenvalue weighted by molar-refractivity contribution is 0.417. The van der Waals surface area contributed by atoms with Crippen molar-refractivity contribution in [3.05, 3.63) is 51.5 Å². The quantitative estimate of drug-likeness (QED) is 0.519. The van der Waals surface area contributed by atoms with Crippen LogP contribution in [-0.4, -0.2) is 12.2 Å². The van der Waals surface area contributed by atoms with Crippen LogP contribution in [0, 0.1) is 0 Å². The van der Waals surface area contributed by atoms with Crippen molar-refractivity contribution >= 4 is 63.5 Å². The second-order valence-corrected chi connectivity index (χ2v) is 5.81. The minimum absolute atomic E-state index is 0.326. The fourth-order valence-corrected chi connectivity index (χ4v) is 2.75. The maximum atomic E-state index is 6.07. The number of anilines is 2. The first kappa shape index (κ1) is 17.0. The number of hydrogen-bond donors (Lipinski definition) is 3. The van der Waals surface area contributed by atoms with Crippen LogP contribution >= 0.6 is 47.0 Å². The summed E-state index contributed by atoms with van der Waals surface area (Å²) in [4.78, 5) is 0. The molecule has 2 rings (SSSR count). The third-order valence-corrected chi connectivity index (χ3v) is 3.68. The summed E-state index contributed by atoms with van der Waals surface area (Å²) in [6.07, 6.45) is 0. The Bertz CT molecular complexity index is 674. The van der Waals surface area contributed by atoms with Gasteiger partial charge < -0.3 is 10.1 Å². The summed E-state index contributed by atoms with van der Waals surface area (Å²) >= 11 is 23.2. The summed E-state index contributed by atoms with van der Waals surface area (Å²) in [6, 6.07) is 10.6. The lowest BCUT2D eigenvalue weighted by atomic mass is 10.3. The Morgan fingerprint density at radius 2 is 1.73 bits per heavy atom. The van der Waals surface area contributed by atoms with Gasteiger partial charge in [0.1, 0.15) is 5.75 Å². The molecule has 0 aromatic heterocycles. The smallest absolute Gasteiger partial charge is 0.189 e. The van der Waals surface area contributed by atoms with Gasteiger partial charge in [0.2, 0.25) is 0 Å². The molecule has 0 spiro atoms. The van der Waals surface area contributed by atoms with Gasteiger partial charge in [-0.15, -0.1) is 0 Å². The molecule has 2 aromatic carbocycles. The molecule has 0 aliphatic carbocycles. The second-order valence-electron chi connectivity index (χ2n) is 4.15. The van der Waals surface area contributed by atoms with Crippen LogP contribution < -0.4 is 20.9 Å². The van der Waals surface area contributed by atoms with Crippen molar-refractivity contribution < 1.29 is 4.74 Å². The zero-order valence-corrected chi connectivity index (χ0v) is 14.5. The van der Waals surface area contributed by atoms with E-state index in [2.05, 4.69) is 16.2 Å². The Morgan fingerprint density at radius 3 is 2.36 bits per heavy atom. The fraction of sp³-hybridized carbons (Fsp3) is 0.0714. The molecular formula is C14H12Cl3N3OS. The van der Waals surface area contributed by atoms with Crippen LogP contribution in [-0.2, 0) is 0 Å². The Hall–Kier alpha value is -1.40. The van der Waals surface area contributed by atoms with Gasteiger partial charge >= 0.3 is 0 Å². The number of methoxy groups -OCH3 is 1. The third-order valence-electron chi connectivity index (χ3n) is 2.66. The normalized spacial score (nSPS) is 10.0. The van der Waals surface area contributed by atoms with Crippen molar-refractivity contribution in [3.63, 3.8) is 0 Å². The number of benzene rings is 2. The molecule has 0 bridgehead atoms. The maximum Gasteiger partial charge on any atom is 0.189 e. The van der Waals surface area contributed by atoms with Gasteiger partial charge in [-0.25, -0.2) is 0 Å². The Morgan fingerprint density at radius 1 is 1.09 bits per heavy atom. The van der Waals surface area contributed by atoms with Crippen molar-refractivity contribution in [2.45, 2.75) is 0 Å². The van der Waals surface area contributed by atoms with Gasteiger partial charge in [0.15, 0.2) is 5.11 Å². The average molecular weight is 377 g/mol. The number of halogens is 3. The van der Waals surface area contributed by atoms with E-state index in [1.165, 1.54) is 0 Å². The number of hydrazine groups is 1. The molecule has 0 aliphatic rings. The van der Waals surface area contributed by atoms with Gasteiger partial charge in [-0.1, -0.05) is 46.9 Å². The highest BCUT2D eigenvalue weighted by atomic mass is 35.5. The van der Waals surface area contributed by atoms with Gasteiger partial charge in [-0.05, 0) is 36.5 Å². The maximum absolute atomic E-state index is 6.07. The second kappa shape index (κ2) is 7.74. The van der Waals surface area contributed by atoms with Crippen molar-refractivity contribution in [2.75, 3.05) is 17.9 Å². The summed E-state index contributed by atoms with van der Waals surface area (Å²) in [5, 5.41) is 4.54. The molecule has 116 valence electrons. The van der Waals surface area contributed by atoms with Gasteiger partial charge in [0, 0.05) is 5.02 Å². The summed E-state index contributed by atoms with van der Waals surface area (Å²) in [6.45, 7) is 0. The van der Waals surface area contributed by atoms with Gasteiger partial charge in [-0.3, -0.25) is 10.9 Å². The van der Waals surface area contributed by atoms with Crippen LogP contribution in [0.1, 0.15) is 0 Å². The Kier molecular flexibility index (Phi) is 5.97. The largest absolute Gasteiger partial charge is 0.495 e. The number of nitrogens with one attached hydrogen (secondary N) is 3. The zero-order valence-electron chi connectivity index (χ0n) is 11.4. The molecule has 8 heteroatoms. The number of thiocarbonyl (C=S) groups is 1. The molecule has 22 heavy (non-hydrogen) atoms. The van der Waals surface area contributed by atoms with Crippen LogP contribution in [0.3, 0.4) is 0 Å². The molecule has 0 saturated carbocycles. The predicted octanol–water partition coefficient (Wildman–Crippen LogP) is 4.97. The zero-order chi connectivity index (χ0) is 16.1. The number of ether oxygens (including phenoxy) is 1. The topological polar surface area (TPSA) is 45.3 Å². The minimum Gasteiger partial charge on any atom is -0.495 e. The van der Waals surface area contributed by atoms with E-state index in [9.17, 15) is 0 Å². The molecular weight excluding hydrogens is 365 g/mol. The SMILES string of the molecule is COc1ccccc1NC(=S)NNc1c(Cl)cc(Cl)cc1Cl. The summed E-state index contributed by atoms with van der Waals surface area (Å²) in [7, 11) is 1.59. The minimum atomic E-state index is 0.326. The first-order valence-electron chi connectivity index (χ1n) is 6.12. The molecule has 4 nitrogen and oxygen atoms in total. The van der Waals surface area contributed by atoms with Gasteiger partial charge in [0.05, 0.1) is 28.5 Å². The van der Waals surface area contributed by atoms with E-state index in [0.717, 1.165) is 5.69 Å². The Labute approximate surface area is 148 Å². The molecule has 0 atom stereocenters. The highest BCUT2D eigenvalue weighted by Crippen LogP contribution is 2.33. The van der Waals surface area contributed by atoms with E-state index in [-0.39, 0.29) is 0 Å². The van der Waals surface area contributed by atoms with Crippen LogP contribution in [0.2, 0.25) is 15.1 Å². The van der Waals surface area contributed by atoms with Crippen LogP contribution in [0.15, 0.2) is 36.4 Å². The van der Waals surface area contributed by atoms with E-state index in [1.807, 2.05) is 24.3 Å². The lowest BCUT2D eigenvalue weighted by Gasteiger charge is -2.16. The van der Waals surface area contributed by atoms with Gasteiger partial charge in [0.25, 0.3) is 0 Å². The molecule has 0 radical (unpaired) electrons. The van der Waals surface area contributed by atoms with Crippen molar-refractivity contribution in [1.29, 1.82) is 0 Å². The van der Waals surface area contributed by atoms with Crippen molar-refractivity contribution in [3.8, 4) is 5.75 Å². The highest BCUT2D eigenvalue weighted by Gasteiger charge is 2.09. The van der Waals surface area contributed by atoms with Crippen LogP contribution in [0.5, 0.6) is 5.75 Å². The average Bonchev–Trinajstić information content (AvgIpc) is 2.46.